The first-order valence-electron chi connectivity index (χ1n) is 5.92. The van der Waals surface area contributed by atoms with Crippen molar-refractivity contribution in [2.24, 2.45) is 0 Å². The molecule has 1 aromatic carbocycles. The smallest absolute Gasteiger partial charge is 0.147 e. The molecule has 1 N–H and O–H groups in total. The van der Waals surface area contributed by atoms with Crippen molar-refractivity contribution >= 4 is 5.69 Å². The molecule has 0 fully saturated rings. The van der Waals surface area contributed by atoms with Gasteiger partial charge in [-0.25, -0.2) is 0 Å². The van der Waals surface area contributed by atoms with Gasteiger partial charge in [0.25, 0.3) is 0 Å². The van der Waals surface area contributed by atoms with Crippen LogP contribution >= 0.6 is 0 Å². The minimum Gasteiger partial charge on any atom is -0.384 e. The first-order valence-corrected chi connectivity index (χ1v) is 5.92. The summed E-state index contributed by atoms with van der Waals surface area (Å²) < 4.78 is 5.10. The lowest BCUT2D eigenvalue weighted by Crippen LogP contribution is -2.24. The fourth-order valence-electron chi connectivity index (χ4n) is 2.82. The van der Waals surface area contributed by atoms with Crippen LogP contribution in [0.25, 0.3) is 0 Å². The van der Waals surface area contributed by atoms with Gasteiger partial charge in [0.1, 0.15) is 12.0 Å². The normalized spacial score (nSPS) is 16.8. The molecule has 2 aromatic rings. The second kappa shape index (κ2) is 3.62. The maximum atomic E-state index is 5.10. The van der Waals surface area contributed by atoms with Gasteiger partial charge >= 0.3 is 0 Å². The molecule has 0 amide bonds. The van der Waals surface area contributed by atoms with Gasteiger partial charge in [-0.2, -0.15) is 0 Å². The Morgan fingerprint density at radius 3 is 2.47 bits per heavy atom. The molecule has 88 valence electrons. The van der Waals surface area contributed by atoms with Crippen LogP contribution in [0.15, 0.2) is 35.1 Å². The molecule has 1 aromatic heterocycles. The van der Waals surface area contributed by atoms with Gasteiger partial charge in [-0.15, -0.1) is 0 Å². The largest absolute Gasteiger partial charge is 0.384 e. The van der Waals surface area contributed by atoms with Gasteiger partial charge in [0.15, 0.2) is 0 Å². The molecule has 0 saturated heterocycles. The van der Waals surface area contributed by atoms with Crippen molar-refractivity contribution in [1.29, 1.82) is 0 Å². The Hall–Kier alpha value is -1.77. The van der Waals surface area contributed by atoms with Gasteiger partial charge in [0, 0.05) is 12.5 Å². The van der Waals surface area contributed by atoms with E-state index >= 15 is 0 Å². The topological polar surface area (TPSA) is 38.1 Å². The zero-order chi connectivity index (χ0) is 11.9. The summed E-state index contributed by atoms with van der Waals surface area (Å²) in [5.74, 6) is 0. The fourth-order valence-corrected chi connectivity index (χ4v) is 2.82. The molecule has 1 aliphatic carbocycles. The number of nitrogens with one attached hydrogen (secondary N) is 1. The van der Waals surface area contributed by atoms with Crippen LogP contribution in [-0.4, -0.2) is 12.2 Å². The molecule has 0 atom stereocenters. The molecule has 17 heavy (non-hydrogen) atoms. The number of hydrogen-bond donors (Lipinski definition) is 1. The van der Waals surface area contributed by atoms with E-state index in [0.717, 1.165) is 24.2 Å². The highest BCUT2D eigenvalue weighted by atomic mass is 16.5. The van der Waals surface area contributed by atoms with Crippen molar-refractivity contribution in [3.8, 4) is 0 Å². The van der Waals surface area contributed by atoms with Crippen molar-refractivity contribution < 1.29 is 4.52 Å². The number of anilines is 1. The molecule has 1 heterocycles. The maximum absolute atomic E-state index is 5.10. The van der Waals surface area contributed by atoms with Crippen LogP contribution in [0.1, 0.15) is 23.7 Å². The fraction of sp³-hybridized carbons (Fsp3) is 0.357. The summed E-state index contributed by atoms with van der Waals surface area (Å²) in [4.78, 5) is 0. The number of nitrogens with zero attached hydrogens (tertiary/aromatic N) is 1. The molecule has 0 radical (unpaired) electrons. The second-order valence-corrected chi connectivity index (χ2v) is 5.01. The highest BCUT2D eigenvalue weighted by Crippen LogP contribution is 2.41. The summed E-state index contributed by atoms with van der Waals surface area (Å²) in [7, 11) is 1.90. The van der Waals surface area contributed by atoms with Crippen molar-refractivity contribution in [2.75, 3.05) is 12.4 Å². The van der Waals surface area contributed by atoms with E-state index in [9.17, 15) is 0 Å². The van der Waals surface area contributed by atoms with E-state index in [1.54, 1.807) is 6.26 Å². The second-order valence-electron chi connectivity index (χ2n) is 5.01. The third kappa shape index (κ3) is 1.54. The molecular formula is C14H16N2O. The van der Waals surface area contributed by atoms with E-state index in [0.29, 0.717) is 0 Å². The Labute approximate surface area is 101 Å². The SMILES string of the molecule is CNc1conc1C1(C)Cc2ccccc2C1. The first-order chi connectivity index (χ1) is 8.23. The Balaban J connectivity index is 2.01. The lowest BCUT2D eigenvalue weighted by Gasteiger charge is -2.21. The quantitative estimate of drug-likeness (QED) is 0.859. The third-order valence-corrected chi connectivity index (χ3v) is 3.69. The van der Waals surface area contributed by atoms with Crippen molar-refractivity contribution in [3.63, 3.8) is 0 Å². The van der Waals surface area contributed by atoms with E-state index in [2.05, 4.69) is 41.7 Å². The lowest BCUT2D eigenvalue weighted by atomic mass is 9.83. The van der Waals surface area contributed by atoms with Crippen LogP contribution in [0.5, 0.6) is 0 Å². The van der Waals surface area contributed by atoms with E-state index < -0.39 is 0 Å². The van der Waals surface area contributed by atoms with Crippen molar-refractivity contribution in [2.45, 2.75) is 25.2 Å². The minimum absolute atomic E-state index is 0.0506. The van der Waals surface area contributed by atoms with Crippen LogP contribution in [0, 0.1) is 0 Å². The molecule has 3 heteroatoms. The molecule has 0 unspecified atom stereocenters. The van der Waals surface area contributed by atoms with Gasteiger partial charge in [-0.1, -0.05) is 36.3 Å². The Morgan fingerprint density at radius 1 is 1.24 bits per heavy atom. The van der Waals surface area contributed by atoms with Crippen LogP contribution < -0.4 is 5.32 Å². The van der Waals surface area contributed by atoms with Crippen LogP contribution in [-0.2, 0) is 18.3 Å². The summed E-state index contributed by atoms with van der Waals surface area (Å²) in [6, 6.07) is 8.62. The summed E-state index contributed by atoms with van der Waals surface area (Å²) >= 11 is 0. The van der Waals surface area contributed by atoms with E-state index in [1.165, 1.54) is 11.1 Å². The highest BCUT2D eigenvalue weighted by Gasteiger charge is 2.38. The molecule has 0 saturated carbocycles. The van der Waals surface area contributed by atoms with Gasteiger partial charge in [0.2, 0.25) is 0 Å². The van der Waals surface area contributed by atoms with Gasteiger partial charge in [-0.05, 0) is 24.0 Å². The van der Waals surface area contributed by atoms with Crippen molar-refractivity contribution in [1.82, 2.24) is 5.16 Å². The summed E-state index contributed by atoms with van der Waals surface area (Å²) in [6.07, 6.45) is 3.75. The predicted molar refractivity (Wildman–Crippen MR) is 67.3 cm³/mol. The first kappa shape index (κ1) is 10.4. The zero-order valence-electron chi connectivity index (χ0n) is 10.2. The molecule has 1 aliphatic rings. The van der Waals surface area contributed by atoms with E-state index in [4.69, 9.17) is 4.52 Å². The van der Waals surface area contributed by atoms with E-state index in [1.807, 2.05) is 7.05 Å². The molecule has 0 spiro atoms. The maximum Gasteiger partial charge on any atom is 0.147 e. The molecule has 3 nitrogen and oxygen atoms in total. The molecular weight excluding hydrogens is 212 g/mol. The minimum atomic E-state index is 0.0506. The van der Waals surface area contributed by atoms with E-state index in [-0.39, 0.29) is 5.41 Å². The van der Waals surface area contributed by atoms with Crippen LogP contribution in [0.4, 0.5) is 5.69 Å². The zero-order valence-corrected chi connectivity index (χ0v) is 10.2. The van der Waals surface area contributed by atoms with Gasteiger partial charge in [0.05, 0.1) is 5.69 Å². The average Bonchev–Trinajstić information content (AvgIpc) is 2.91. The summed E-state index contributed by atoms with van der Waals surface area (Å²) in [5, 5.41) is 7.33. The highest BCUT2D eigenvalue weighted by molar-refractivity contribution is 5.51. The monoisotopic (exact) mass is 228 g/mol. The number of rotatable bonds is 2. The summed E-state index contributed by atoms with van der Waals surface area (Å²) in [5.41, 5.74) is 4.95. The number of benzene rings is 1. The van der Waals surface area contributed by atoms with Gasteiger partial charge < -0.3 is 9.84 Å². The Bertz CT molecular complexity index is 520. The average molecular weight is 228 g/mol. The molecule has 0 aliphatic heterocycles. The lowest BCUT2D eigenvalue weighted by molar-refractivity contribution is 0.379. The van der Waals surface area contributed by atoms with Gasteiger partial charge in [-0.3, -0.25) is 0 Å². The molecule has 3 rings (SSSR count). The summed E-state index contributed by atoms with van der Waals surface area (Å²) in [6.45, 7) is 2.26. The van der Waals surface area contributed by atoms with Crippen LogP contribution in [0.2, 0.25) is 0 Å². The number of fused-ring (bicyclic) bond motifs is 1. The Morgan fingerprint density at radius 2 is 1.88 bits per heavy atom. The van der Waals surface area contributed by atoms with Crippen LogP contribution in [0.3, 0.4) is 0 Å². The third-order valence-electron chi connectivity index (χ3n) is 3.69. The molecule has 0 bridgehead atoms. The Kier molecular flexibility index (Phi) is 2.21. The standard InChI is InChI=1S/C14H16N2O/c1-14(13-12(15-2)9-17-16-13)7-10-5-3-4-6-11(10)8-14/h3-6,9,15H,7-8H2,1-2H3. The predicted octanol–water partition coefficient (Wildman–Crippen LogP) is 2.77. The number of aromatic nitrogens is 1. The number of hydrogen-bond acceptors (Lipinski definition) is 3. The van der Waals surface area contributed by atoms with Crippen molar-refractivity contribution in [3.05, 3.63) is 47.3 Å².